The van der Waals surface area contributed by atoms with Crippen LogP contribution in [0.15, 0.2) is 93.5 Å². The van der Waals surface area contributed by atoms with Gasteiger partial charge in [0.15, 0.2) is 0 Å². The topological polar surface area (TPSA) is 148 Å². The number of aromatic nitrogens is 2. The van der Waals surface area contributed by atoms with E-state index in [1.807, 2.05) is 6.26 Å². The lowest BCUT2D eigenvalue weighted by Gasteiger charge is -2.26. The van der Waals surface area contributed by atoms with Crippen LogP contribution in [0, 0.1) is 13.8 Å². The van der Waals surface area contributed by atoms with Crippen LogP contribution in [0.2, 0.25) is 0 Å². The molecule has 43 heavy (non-hydrogen) atoms. The number of ether oxygens (including phenoxy) is 1. The van der Waals surface area contributed by atoms with Crippen LogP contribution in [0.1, 0.15) is 18.3 Å². The number of sulfonamides is 2. The van der Waals surface area contributed by atoms with Crippen molar-refractivity contribution in [3.63, 3.8) is 0 Å². The fourth-order valence-corrected chi connectivity index (χ4v) is 6.90. The van der Waals surface area contributed by atoms with Gasteiger partial charge in [0.2, 0.25) is 11.9 Å². The molecule has 0 saturated carbocycles. The van der Waals surface area contributed by atoms with Gasteiger partial charge in [0.1, 0.15) is 12.3 Å². The highest BCUT2D eigenvalue weighted by molar-refractivity contribution is 7.98. The maximum Gasteiger partial charge on any atom is 0.264 e. The summed E-state index contributed by atoms with van der Waals surface area (Å²) in [5, 5.41) is 2.65. The van der Waals surface area contributed by atoms with Gasteiger partial charge in [0, 0.05) is 22.0 Å². The van der Waals surface area contributed by atoms with E-state index >= 15 is 0 Å². The highest BCUT2D eigenvalue weighted by atomic mass is 32.2. The van der Waals surface area contributed by atoms with Crippen molar-refractivity contribution in [3.05, 3.63) is 90.3 Å². The van der Waals surface area contributed by atoms with Gasteiger partial charge in [0.05, 0.1) is 22.1 Å². The quantitative estimate of drug-likeness (QED) is 0.207. The maximum absolute atomic E-state index is 13.8. The van der Waals surface area contributed by atoms with Crippen molar-refractivity contribution < 1.29 is 26.4 Å². The van der Waals surface area contributed by atoms with E-state index in [-0.39, 0.29) is 27.1 Å². The number of benzene rings is 3. The van der Waals surface area contributed by atoms with E-state index < -0.39 is 32.5 Å². The Hall–Kier alpha value is -4.14. The fraction of sp³-hybridized carbons (Fsp3) is 0.207. The van der Waals surface area contributed by atoms with Crippen LogP contribution in [-0.4, -0.2) is 52.1 Å². The van der Waals surface area contributed by atoms with Gasteiger partial charge in [-0.05, 0) is 93.8 Å². The number of nitrogens with zero attached hydrogens (tertiary/aromatic N) is 3. The number of rotatable bonds is 12. The van der Waals surface area contributed by atoms with Gasteiger partial charge in [-0.3, -0.25) is 9.10 Å². The standard InChI is InChI=1S/C29H31N5O6S3/c1-5-40-27-9-7-6-8-26(27)34(43(38,39)25-16-12-23(41-4)13-17-25)19-28(35)32-22-10-14-24(15-11-22)42(36,37)33-29-30-20(2)18-21(3)31-29/h6-18H,5,19H2,1-4H3,(H,32,35)(H,30,31,33). The average Bonchev–Trinajstić information content (AvgIpc) is 2.96. The van der Waals surface area contributed by atoms with E-state index in [0.717, 1.165) is 9.20 Å². The molecule has 0 atom stereocenters. The number of amides is 1. The number of thioether (sulfide) groups is 1. The smallest absolute Gasteiger partial charge is 0.264 e. The average molecular weight is 642 g/mol. The number of hydrogen-bond donors (Lipinski definition) is 2. The summed E-state index contributed by atoms with van der Waals surface area (Å²) in [7, 11) is -8.19. The molecule has 0 aliphatic rings. The second-order valence-electron chi connectivity index (χ2n) is 9.24. The lowest BCUT2D eigenvalue weighted by molar-refractivity contribution is -0.114. The van der Waals surface area contributed by atoms with E-state index in [2.05, 4.69) is 20.0 Å². The van der Waals surface area contributed by atoms with E-state index in [1.54, 1.807) is 63.2 Å². The molecule has 4 rings (SSSR count). The van der Waals surface area contributed by atoms with E-state index in [0.29, 0.717) is 23.7 Å². The Balaban J connectivity index is 1.57. The molecule has 0 fully saturated rings. The van der Waals surface area contributed by atoms with Crippen LogP contribution in [0.25, 0.3) is 0 Å². The Morgan fingerprint density at radius 3 is 2.09 bits per heavy atom. The number of carbonyl (C=O) groups excluding carboxylic acids is 1. The molecule has 0 unspecified atom stereocenters. The minimum atomic E-state index is -4.19. The first kappa shape index (κ1) is 31.8. The van der Waals surface area contributed by atoms with Crippen molar-refractivity contribution >= 4 is 55.0 Å². The minimum absolute atomic E-state index is 0.0132. The lowest BCUT2D eigenvalue weighted by Crippen LogP contribution is -2.38. The monoisotopic (exact) mass is 641 g/mol. The van der Waals surface area contributed by atoms with Gasteiger partial charge >= 0.3 is 0 Å². The summed E-state index contributed by atoms with van der Waals surface area (Å²) >= 11 is 1.48. The molecular formula is C29H31N5O6S3. The second kappa shape index (κ2) is 13.4. The number of hydrogen-bond acceptors (Lipinski definition) is 9. The summed E-state index contributed by atoms with van der Waals surface area (Å²) in [4.78, 5) is 22.3. The van der Waals surface area contributed by atoms with Gasteiger partial charge in [-0.1, -0.05) is 12.1 Å². The molecule has 11 nitrogen and oxygen atoms in total. The molecule has 1 heterocycles. The Morgan fingerprint density at radius 1 is 0.884 bits per heavy atom. The second-order valence-corrected chi connectivity index (χ2v) is 13.7. The van der Waals surface area contributed by atoms with Crippen LogP contribution in [0.5, 0.6) is 5.75 Å². The van der Waals surface area contributed by atoms with Crippen molar-refractivity contribution in [1.29, 1.82) is 0 Å². The molecule has 0 radical (unpaired) electrons. The zero-order valence-corrected chi connectivity index (χ0v) is 26.4. The third-order valence-electron chi connectivity index (χ3n) is 6.02. The molecule has 1 amide bonds. The summed E-state index contributed by atoms with van der Waals surface area (Å²) in [6.07, 6.45) is 1.89. The molecule has 3 aromatic carbocycles. The van der Waals surface area contributed by atoms with Crippen molar-refractivity contribution in [2.75, 3.05) is 33.8 Å². The number of nitrogens with one attached hydrogen (secondary N) is 2. The van der Waals surface area contributed by atoms with Gasteiger partial charge in [-0.2, -0.15) is 0 Å². The molecule has 4 aromatic rings. The molecule has 0 bridgehead atoms. The molecule has 0 saturated heterocycles. The Labute approximate surface area is 255 Å². The zero-order valence-electron chi connectivity index (χ0n) is 23.9. The van der Waals surface area contributed by atoms with E-state index in [4.69, 9.17) is 4.74 Å². The van der Waals surface area contributed by atoms with Gasteiger partial charge < -0.3 is 10.1 Å². The van der Waals surface area contributed by atoms with Crippen LogP contribution < -0.4 is 19.1 Å². The van der Waals surface area contributed by atoms with Crippen molar-refractivity contribution in [3.8, 4) is 5.75 Å². The molecule has 0 aliphatic heterocycles. The highest BCUT2D eigenvalue weighted by Crippen LogP contribution is 2.33. The lowest BCUT2D eigenvalue weighted by atomic mass is 10.3. The molecule has 0 aliphatic carbocycles. The van der Waals surface area contributed by atoms with Crippen LogP contribution >= 0.6 is 11.8 Å². The summed E-state index contributed by atoms with van der Waals surface area (Å²) < 4.78 is 62.4. The summed E-state index contributed by atoms with van der Waals surface area (Å²) in [6.45, 7) is 4.96. The number of anilines is 3. The third kappa shape index (κ3) is 7.83. The highest BCUT2D eigenvalue weighted by Gasteiger charge is 2.29. The number of aryl methyl sites for hydroxylation is 2. The Kier molecular flexibility index (Phi) is 9.94. The summed E-state index contributed by atoms with van der Waals surface area (Å²) in [6, 6.07) is 20.1. The number of carbonyl (C=O) groups is 1. The normalized spacial score (nSPS) is 11.5. The maximum atomic E-state index is 13.8. The van der Waals surface area contributed by atoms with Gasteiger partial charge in [0.25, 0.3) is 20.0 Å². The Morgan fingerprint density at radius 2 is 1.49 bits per heavy atom. The van der Waals surface area contributed by atoms with Crippen LogP contribution in [-0.2, 0) is 24.8 Å². The van der Waals surface area contributed by atoms with E-state index in [9.17, 15) is 21.6 Å². The van der Waals surface area contributed by atoms with Crippen molar-refractivity contribution in [1.82, 2.24) is 9.97 Å². The third-order valence-corrected chi connectivity index (χ3v) is 9.89. The molecule has 2 N–H and O–H groups in total. The zero-order chi connectivity index (χ0) is 31.2. The van der Waals surface area contributed by atoms with Crippen molar-refractivity contribution in [2.24, 2.45) is 0 Å². The summed E-state index contributed by atoms with van der Waals surface area (Å²) in [5.41, 5.74) is 1.70. The van der Waals surface area contributed by atoms with Crippen LogP contribution in [0.4, 0.5) is 17.3 Å². The van der Waals surface area contributed by atoms with Gasteiger partial charge in [-0.25, -0.2) is 31.5 Å². The largest absolute Gasteiger partial charge is 0.492 e. The van der Waals surface area contributed by atoms with Crippen LogP contribution in [0.3, 0.4) is 0 Å². The molecule has 0 spiro atoms. The number of para-hydroxylation sites is 2. The molecule has 226 valence electrons. The minimum Gasteiger partial charge on any atom is -0.492 e. The fourth-order valence-electron chi connectivity index (χ4n) is 4.11. The molecule has 14 heteroatoms. The van der Waals surface area contributed by atoms with Gasteiger partial charge in [-0.15, -0.1) is 11.8 Å². The first-order valence-corrected chi connectivity index (χ1v) is 17.2. The molecule has 1 aromatic heterocycles. The SMILES string of the molecule is CCOc1ccccc1N(CC(=O)Nc1ccc(S(=O)(=O)Nc2nc(C)cc(C)n2)cc1)S(=O)(=O)c1ccc(SC)cc1. The van der Waals surface area contributed by atoms with Crippen molar-refractivity contribution in [2.45, 2.75) is 35.5 Å². The first-order valence-electron chi connectivity index (χ1n) is 13.1. The Bertz CT molecular complexity index is 1790. The summed E-state index contributed by atoms with van der Waals surface area (Å²) in [5.74, 6) is -0.392. The predicted molar refractivity (Wildman–Crippen MR) is 168 cm³/mol. The van der Waals surface area contributed by atoms with E-state index in [1.165, 1.54) is 48.2 Å². The predicted octanol–water partition coefficient (Wildman–Crippen LogP) is 4.85. The first-order chi connectivity index (χ1) is 20.4. The molecular weight excluding hydrogens is 611 g/mol.